The summed E-state index contributed by atoms with van der Waals surface area (Å²) in [5, 5.41) is 23.1. The first-order chi connectivity index (χ1) is 15.9. The summed E-state index contributed by atoms with van der Waals surface area (Å²) in [6.45, 7) is 4.24. The Hall–Kier alpha value is -3.78. The highest BCUT2D eigenvalue weighted by Gasteiger charge is 2.19. The molecule has 1 aliphatic heterocycles. The van der Waals surface area contributed by atoms with E-state index in [-0.39, 0.29) is 42.1 Å². The van der Waals surface area contributed by atoms with Gasteiger partial charge in [-0.25, -0.2) is 9.86 Å². The Labute approximate surface area is 192 Å². The Morgan fingerprint density at radius 1 is 1.03 bits per heavy atom. The van der Waals surface area contributed by atoms with Gasteiger partial charge >= 0.3 is 5.97 Å². The Morgan fingerprint density at radius 2 is 1.70 bits per heavy atom. The van der Waals surface area contributed by atoms with Crippen LogP contribution < -0.4 is 14.8 Å². The lowest BCUT2D eigenvalue weighted by Crippen LogP contribution is -2.28. The minimum absolute atomic E-state index is 0.00312. The number of hydroxylamine groups is 2. The third kappa shape index (κ3) is 6.60. The van der Waals surface area contributed by atoms with Gasteiger partial charge in [0.15, 0.2) is 0 Å². The van der Waals surface area contributed by atoms with Crippen molar-refractivity contribution in [2.24, 2.45) is 0 Å². The minimum atomic E-state index is -1.12. The van der Waals surface area contributed by atoms with Crippen molar-refractivity contribution in [1.29, 1.82) is 0 Å². The van der Waals surface area contributed by atoms with E-state index in [2.05, 4.69) is 19.2 Å². The molecule has 0 spiro atoms. The monoisotopic (exact) mass is 452 g/mol. The van der Waals surface area contributed by atoms with Crippen LogP contribution in [0.5, 0.6) is 11.5 Å². The predicted molar refractivity (Wildman–Crippen MR) is 123 cm³/mol. The van der Waals surface area contributed by atoms with E-state index in [4.69, 9.17) is 9.47 Å². The number of benzene rings is 2. The van der Waals surface area contributed by atoms with Crippen LogP contribution in [0.3, 0.4) is 0 Å². The second-order valence-corrected chi connectivity index (χ2v) is 7.59. The maximum atomic E-state index is 12.4. The fraction of sp³-hybridized carbons (Fsp3) is 0.280. The first kappa shape index (κ1) is 23.9. The van der Waals surface area contributed by atoms with Gasteiger partial charge in [-0.15, -0.1) is 0 Å². The number of hydrogen-bond acceptors (Lipinski definition) is 6. The van der Waals surface area contributed by atoms with Gasteiger partial charge in [-0.1, -0.05) is 32.1 Å². The summed E-state index contributed by atoms with van der Waals surface area (Å²) in [6.07, 6.45) is 5.31. The topological polar surface area (TPSA) is 108 Å². The highest BCUT2D eigenvalue weighted by Crippen LogP contribution is 2.24. The molecule has 1 amide bonds. The smallest absolute Gasteiger partial charge is 0.337 e. The standard InChI is InChI=1S/C25H28N2O6/c1-3-18(4-2)32-19-10-12-20(13-11-19)33-24-14-9-17(16-27(24)31)15-23(28)26-22-8-6-5-7-21(22)25(29)30/h5-14,18,31H,3-4,15-16H2,1-2H3,(H,26,28)(H,29,30). The molecule has 0 radical (unpaired) electrons. The number of allylic oxidation sites excluding steroid dienone is 2. The Kier molecular flexibility index (Phi) is 8.10. The average Bonchev–Trinajstić information content (AvgIpc) is 2.80. The van der Waals surface area contributed by atoms with Gasteiger partial charge in [0, 0.05) is 6.08 Å². The average molecular weight is 453 g/mol. The molecule has 3 N–H and O–H groups in total. The number of hydrogen-bond donors (Lipinski definition) is 3. The van der Waals surface area contributed by atoms with Crippen LogP contribution in [0.25, 0.3) is 0 Å². The SMILES string of the molecule is CCC(CC)Oc1ccc(OC2=CC=C(CC(=O)Nc3ccccc3C(=O)O)CN2O)cc1. The van der Waals surface area contributed by atoms with Gasteiger partial charge in [0.1, 0.15) is 11.5 Å². The van der Waals surface area contributed by atoms with Crippen molar-refractivity contribution >= 4 is 17.6 Å². The van der Waals surface area contributed by atoms with Crippen molar-refractivity contribution in [2.45, 2.75) is 39.2 Å². The zero-order valence-corrected chi connectivity index (χ0v) is 18.7. The second-order valence-electron chi connectivity index (χ2n) is 7.59. The molecule has 8 heteroatoms. The molecule has 0 saturated carbocycles. The molecule has 0 aromatic heterocycles. The molecule has 8 nitrogen and oxygen atoms in total. The molecule has 2 aromatic rings. The van der Waals surface area contributed by atoms with E-state index in [1.54, 1.807) is 36.4 Å². The van der Waals surface area contributed by atoms with Crippen LogP contribution in [0.15, 0.2) is 72.1 Å². The van der Waals surface area contributed by atoms with Gasteiger partial charge < -0.3 is 19.9 Å². The molecule has 0 unspecified atom stereocenters. The van der Waals surface area contributed by atoms with Crippen molar-refractivity contribution in [1.82, 2.24) is 5.06 Å². The number of anilines is 1. The summed E-state index contributed by atoms with van der Waals surface area (Å²) in [4.78, 5) is 23.7. The molecule has 174 valence electrons. The van der Waals surface area contributed by atoms with Gasteiger partial charge in [0.05, 0.1) is 30.3 Å². The van der Waals surface area contributed by atoms with Crippen molar-refractivity contribution < 1.29 is 29.4 Å². The lowest BCUT2D eigenvalue weighted by molar-refractivity contribution is -0.116. The van der Waals surface area contributed by atoms with Crippen LogP contribution in [0.1, 0.15) is 43.5 Å². The van der Waals surface area contributed by atoms with E-state index in [9.17, 15) is 19.9 Å². The highest BCUT2D eigenvalue weighted by atomic mass is 16.6. The zero-order valence-electron chi connectivity index (χ0n) is 18.7. The first-order valence-corrected chi connectivity index (χ1v) is 10.8. The Balaban J connectivity index is 1.59. The normalized spacial score (nSPS) is 13.3. The molecule has 1 aliphatic rings. The van der Waals surface area contributed by atoms with Crippen molar-refractivity contribution in [3.63, 3.8) is 0 Å². The number of carboxylic acid groups (broad SMARTS) is 1. The van der Waals surface area contributed by atoms with Crippen molar-refractivity contribution in [2.75, 3.05) is 11.9 Å². The van der Waals surface area contributed by atoms with Crippen LogP contribution in [0, 0.1) is 0 Å². The summed E-state index contributed by atoms with van der Waals surface area (Å²) in [7, 11) is 0. The van der Waals surface area contributed by atoms with Gasteiger partial charge in [-0.2, -0.15) is 0 Å². The number of aromatic carboxylic acids is 1. The van der Waals surface area contributed by atoms with Gasteiger partial charge in [-0.05, 0) is 54.8 Å². The quantitative estimate of drug-likeness (QED) is 0.474. The second kappa shape index (κ2) is 11.2. The Bertz CT molecular complexity index is 1040. The maximum Gasteiger partial charge on any atom is 0.337 e. The summed E-state index contributed by atoms with van der Waals surface area (Å²) >= 11 is 0. The van der Waals surface area contributed by atoms with Gasteiger partial charge in [-0.3, -0.25) is 10.0 Å². The largest absolute Gasteiger partial charge is 0.490 e. The van der Waals surface area contributed by atoms with Gasteiger partial charge in [0.2, 0.25) is 11.8 Å². The van der Waals surface area contributed by atoms with Crippen molar-refractivity contribution in [3.05, 3.63) is 77.7 Å². The lowest BCUT2D eigenvalue weighted by atomic mass is 10.1. The molecule has 3 rings (SSSR count). The van der Waals surface area contributed by atoms with E-state index in [1.165, 1.54) is 12.1 Å². The number of nitrogens with one attached hydrogen (secondary N) is 1. The fourth-order valence-electron chi connectivity index (χ4n) is 3.33. The number of amides is 1. The van der Waals surface area contributed by atoms with Crippen LogP contribution in [-0.4, -0.2) is 39.9 Å². The molecule has 33 heavy (non-hydrogen) atoms. The molecule has 0 fully saturated rings. The summed E-state index contributed by atoms with van der Waals surface area (Å²) < 4.78 is 11.6. The van der Waals surface area contributed by atoms with E-state index >= 15 is 0 Å². The molecule has 0 aliphatic carbocycles. The van der Waals surface area contributed by atoms with Crippen LogP contribution >= 0.6 is 0 Å². The number of para-hydroxylation sites is 1. The number of carboxylic acids is 1. The first-order valence-electron chi connectivity index (χ1n) is 10.8. The van der Waals surface area contributed by atoms with Crippen LogP contribution in [0.4, 0.5) is 5.69 Å². The van der Waals surface area contributed by atoms with E-state index < -0.39 is 5.97 Å². The Morgan fingerprint density at radius 3 is 2.33 bits per heavy atom. The van der Waals surface area contributed by atoms with E-state index in [1.807, 2.05) is 12.1 Å². The molecular weight excluding hydrogens is 424 g/mol. The molecule has 1 heterocycles. The number of ether oxygens (including phenoxy) is 2. The minimum Gasteiger partial charge on any atom is -0.490 e. The molecule has 0 saturated heterocycles. The third-order valence-electron chi connectivity index (χ3n) is 5.15. The van der Waals surface area contributed by atoms with E-state index in [0.29, 0.717) is 11.3 Å². The van der Waals surface area contributed by atoms with Crippen LogP contribution in [-0.2, 0) is 4.79 Å². The predicted octanol–water partition coefficient (Wildman–Crippen LogP) is 4.83. The number of nitrogens with zero attached hydrogens (tertiary/aromatic N) is 1. The maximum absolute atomic E-state index is 12.4. The lowest BCUT2D eigenvalue weighted by Gasteiger charge is -2.24. The number of rotatable bonds is 10. The van der Waals surface area contributed by atoms with Crippen molar-refractivity contribution in [3.8, 4) is 11.5 Å². The van der Waals surface area contributed by atoms with E-state index in [0.717, 1.165) is 23.7 Å². The van der Waals surface area contributed by atoms with Gasteiger partial charge in [0.25, 0.3) is 0 Å². The molecule has 0 bridgehead atoms. The number of carbonyl (C=O) groups excluding carboxylic acids is 1. The molecule has 0 atom stereocenters. The summed E-state index contributed by atoms with van der Waals surface area (Å²) in [5.41, 5.74) is 0.881. The summed E-state index contributed by atoms with van der Waals surface area (Å²) in [6, 6.07) is 13.4. The zero-order chi connectivity index (χ0) is 23.8. The fourth-order valence-corrected chi connectivity index (χ4v) is 3.33. The number of carbonyl (C=O) groups is 2. The molecule has 2 aromatic carbocycles. The summed E-state index contributed by atoms with van der Waals surface area (Å²) in [5.74, 6) is 0.0200. The molecular formula is C25H28N2O6. The third-order valence-corrected chi connectivity index (χ3v) is 5.15. The van der Waals surface area contributed by atoms with Crippen LogP contribution in [0.2, 0.25) is 0 Å². The highest BCUT2D eigenvalue weighted by molar-refractivity contribution is 6.01.